The van der Waals surface area contributed by atoms with E-state index in [4.69, 9.17) is 0 Å². The summed E-state index contributed by atoms with van der Waals surface area (Å²) in [4.78, 5) is 8.80. The van der Waals surface area contributed by atoms with Gasteiger partial charge >= 0.3 is 0 Å². The second-order valence-corrected chi connectivity index (χ2v) is 6.10. The third-order valence-corrected chi connectivity index (χ3v) is 4.13. The van der Waals surface area contributed by atoms with Crippen molar-refractivity contribution in [3.05, 3.63) is 53.5 Å². The maximum Gasteiger partial charge on any atom is 0.132 e. The van der Waals surface area contributed by atoms with Crippen LogP contribution in [0.4, 0.5) is 5.82 Å². The highest BCUT2D eigenvalue weighted by atomic mass is 15.0. The van der Waals surface area contributed by atoms with Crippen LogP contribution < -0.4 is 5.32 Å². The lowest BCUT2D eigenvalue weighted by molar-refractivity contribution is 0.556. The van der Waals surface area contributed by atoms with E-state index in [1.807, 2.05) is 0 Å². The normalized spacial score (nSPS) is 14.1. The lowest BCUT2D eigenvalue weighted by Gasteiger charge is -2.26. The molecule has 0 spiro atoms. The fourth-order valence-electron chi connectivity index (χ4n) is 2.81. The first-order chi connectivity index (χ1) is 9.67. The van der Waals surface area contributed by atoms with Gasteiger partial charge in [-0.05, 0) is 24.8 Å². The smallest absolute Gasteiger partial charge is 0.132 e. The Balaban J connectivity index is 1.75. The number of aromatic nitrogens is 2. The van der Waals surface area contributed by atoms with Crippen LogP contribution >= 0.6 is 0 Å². The third kappa shape index (κ3) is 2.53. The summed E-state index contributed by atoms with van der Waals surface area (Å²) in [5.74, 6) is 1.02. The number of nitrogens with zero attached hydrogens (tertiary/aromatic N) is 2. The molecular formula is C17H21N3. The molecule has 20 heavy (non-hydrogen) atoms. The molecule has 1 N–H and O–H groups in total. The molecule has 0 fully saturated rings. The Morgan fingerprint density at radius 1 is 1.10 bits per heavy atom. The highest BCUT2D eigenvalue weighted by Gasteiger charge is 2.22. The Bertz CT molecular complexity index is 590. The molecule has 3 heteroatoms. The Hall–Kier alpha value is -1.90. The number of anilines is 1. The Labute approximate surface area is 120 Å². The molecule has 0 saturated heterocycles. The van der Waals surface area contributed by atoms with E-state index in [2.05, 4.69) is 59.5 Å². The Morgan fingerprint density at radius 2 is 1.90 bits per heavy atom. The van der Waals surface area contributed by atoms with Gasteiger partial charge in [-0.3, -0.25) is 0 Å². The first-order valence-corrected chi connectivity index (χ1v) is 7.29. The summed E-state index contributed by atoms with van der Waals surface area (Å²) in [6, 6.07) is 10.6. The summed E-state index contributed by atoms with van der Waals surface area (Å²) in [7, 11) is 0. The van der Waals surface area contributed by atoms with Crippen molar-refractivity contribution in [3.63, 3.8) is 0 Å². The standard InChI is InChI=1S/C17H21N3/c1-17(2,13-7-4-3-5-8-13)11-18-16-14-9-6-10-15(14)19-12-20-16/h3-5,7-8,12H,6,9-11H2,1-2H3,(H,18,19,20). The van der Waals surface area contributed by atoms with Gasteiger partial charge in [-0.1, -0.05) is 44.2 Å². The van der Waals surface area contributed by atoms with Crippen molar-refractivity contribution < 1.29 is 0 Å². The maximum atomic E-state index is 4.42. The molecule has 3 rings (SSSR count). The predicted molar refractivity (Wildman–Crippen MR) is 82.0 cm³/mol. The van der Waals surface area contributed by atoms with Gasteiger partial charge < -0.3 is 5.32 Å². The first kappa shape index (κ1) is 13.1. The topological polar surface area (TPSA) is 37.8 Å². The lowest BCUT2D eigenvalue weighted by atomic mass is 9.84. The molecule has 1 aromatic carbocycles. The van der Waals surface area contributed by atoms with Crippen molar-refractivity contribution in [2.75, 3.05) is 11.9 Å². The summed E-state index contributed by atoms with van der Waals surface area (Å²) in [6.45, 7) is 5.40. The summed E-state index contributed by atoms with van der Waals surface area (Å²) in [6.07, 6.45) is 5.08. The number of benzene rings is 1. The maximum absolute atomic E-state index is 4.42. The van der Waals surface area contributed by atoms with Crippen LogP contribution in [0.15, 0.2) is 36.7 Å². The van der Waals surface area contributed by atoms with E-state index in [-0.39, 0.29) is 5.41 Å². The molecule has 104 valence electrons. The summed E-state index contributed by atoms with van der Waals surface area (Å²) < 4.78 is 0. The molecular weight excluding hydrogens is 246 g/mol. The predicted octanol–water partition coefficient (Wildman–Crippen LogP) is 3.36. The minimum absolute atomic E-state index is 0.0810. The summed E-state index contributed by atoms with van der Waals surface area (Å²) >= 11 is 0. The largest absolute Gasteiger partial charge is 0.369 e. The van der Waals surface area contributed by atoms with Crippen molar-refractivity contribution in [1.29, 1.82) is 0 Å². The highest BCUT2D eigenvalue weighted by molar-refractivity contribution is 5.48. The molecule has 1 aliphatic carbocycles. The number of nitrogens with one attached hydrogen (secondary N) is 1. The summed E-state index contributed by atoms with van der Waals surface area (Å²) in [5.41, 5.74) is 3.96. The van der Waals surface area contributed by atoms with E-state index >= 15 is 0 Å². The zero-order chi connectivity index (χ0) is 14.0. The molecule has 0 saturated carbocycles. The van der Waals surface area contributed by atoms with Crippen molar-refractivity contribution in [3.8, 4) is 0 Å². The quantitative estimate of drug-likeness (QED) is 0.923. The van der Waals surface area contributed by atoms with E-state index in [1.165, 1.54) is 23.2 Å². The fourth-order valence-corrected chi connectivity index (χ4v) is 2.81. The molecule has 3 nitrogen and oxygen atoms in total. The van der Waals surface area contributed by atoms with Gasteiger partial charge in [0.25, 0.3) is 0 Å². The second kappa shape index (κ2) is 5.23. The van der Waals surface area contributed by atoms with Gasteiger partial charge in [-0.15, -0.1) is 0 Å². The minimum atomic E-state index is 0.0810. The molecule has 0 bridgehead atoms. The van der Waals surface area contributed by atoms with Gasteiger partial charge in [-0.25, -0.2) is 9.97 Å². The average Bonchev–Trinajstić information content (AvgIpc) is 2.95. The molecule has 0 amide bonds. The van der Waals surface area contributed by atoms with Gasteiger partial charge in [0.05, 0.1) is 0 Å². The van der Waals surface area contributed by atoms with Gasteiger partial charge in [-0.2, -0.15) is 0 Å². The van der Waals surface area contributed by atoms with E-state index < -0.39 is 0 Å². The van der Waals surface area contributed by atoms with Gasteiger partial charge in [0.1, 0.15) is 12.1 Å². The van der Waals surface area contributed by atoms with E-state index in [1.54, 1.807) is 6.33 Å². The number of fused-ring (bicyclic) bond motifs is 1. The van der Waals surface area contributed by atoms with Crippen LogP contribution in [0, 0.1) is 0 Å². The highest BCUT2D eigenvalue weighted by Crippen LogP contribution is 2.27. The summed E-state index contributed by atoms with van der Waals surface area (Å²) in [5, 5.41) is 3.53. The average molecular weight is 267 g/mol. The van der Waals surface area contributed by atoms with Gasteiger partial charge in [0, 0.05) is 23.2 Å². The molecule has 1 aliphatic rings. The van der Waals surface area contributed by atoms with Crippen LogP contribution in [0.25, 0.3) is 0 Å². The molecule has 1 aromatic heterocycles. The van der Waals surface area contributed by atoms with Crippen LogP contribution in [0.1, 0.15) is 37.1 Å². The lowest BCUT2D eigenvalue weighted by Crippen LogP contribution is -2.28. The third-order valence-electron chi connectivity index (χ3n) is 4.13. The zero-order valence-corrected chi connectivity index (χ0v) is 12.2. The van der Waals surface area contributed by atoms with Gasteiger partial charge in [0.15, 0.2) is 0 Å². The van der Waals surface area contributed by atoms with Crippen LogP contribution in [-0.4, -0.2) is 16.5 Å². The van der Waals surface area contributed by atoms with Crippen molar-refractivity contribution >= 4 is 5.82 Å². The van der Waals surface area contributed by atoms with Crippen LogP contribution in [0.2, 0.25) is 0 Å². The molecule has 1 heterocycles. The van der Waals surface area contributed by atoms with Crippen LogP contribution in [0.3, 0.4) is 0 Å². The van der Waals surface area contributed by atoms with E-state index in [9.17, 15) is 0 Å². The molecule has 0 unspecified atom stereocenters. The number of hydrogen-bond acceptors (Lipinski definition) is 3. The number of rotatable bonds is 4. The van der Waals surface area contributed by atoms with Crippen LogP contribution in [0.5, 0.6) is 0 Å². The second-order valence-electron chi connectivity index (χ2n) is 6.10. The Kier molecular flexibility index (Phi) is 3.43. The molecule has 0 aliphatic heterocycles. The molecule has 2 aromatic rings. The Morgan fingerprint density at radius 3 is 2.70 bits per heavy atom. The monoisotopic (exact) mass is 267 g/mol. The van der Waals surface area contributed by atoms with Crippen molar-refractivity contribution in [2.24, 2.45) is 0 Å². The minimum Gasteiger partial charge on any atom is -0.369 e. The molecule has 0 atom stereocenters. The van der Waals surface area contributed by atoms with Crippen molar-refractivity contribution in [1.82, 2.24) is 9.97 Å². The fraction of sp³-hybridized carbons (Fsp3) is 0.412. The van der Waals surface area contributed by atoms with E-state index in [0.717, 1.165) is 25.2 Å². The first-order valence-electron chi connectivity index (χ1n) is 7.29. The molecule has 0 radical (unpaired) electrons. The number of aryl methyl sites for hydroxylation is 1. The van der Waals surface area contributed by atoms with Gasteiger partial charge in [0.2, 0.25) is 0 Å². The number of hydrogen-bond donors (Lipinski definition) is 1. The van der Waals surface area contributed by atoms with E-state index in [0.29, 0.717) is 0 Å². The zero-order valence-electron chi connectivity index (χ0n) is 12.2. The van der Waals surface area contributed by atoms with Crippen molar-refractivity contribution in [2.45, 2.75) is 38.5 Å². The SMILES string of the molecule is CC(C)(CNc1ncnc2c1CCC2)c1ccccc1. The van der Waals surface area contributed by atoms with Crippen LogP contribution in [-0.2, 0) is 18.3 Å².